The molecule has 1 amide bonds. The van der Waals surface area contributed by atoms with Crippen molar-refractivity contribution in [2.24, 2.45) is 11.7 Å². The largest absolute Gasteiger partial charge is 0.379 e. The molecular formula is C15H18N2O2. The van der Waals surface area contributed by atoms with E-state index in [0.29, 0.717) is 18.4 Å². The summed E-state index contributed by atoms with van der Waals surface area (Å²) in [5.74, 6) is 0.732. The minimum atomic E-state index is 0.0942. The van der Waals surface area contributed by atoms with Crippen molar-refractivity contribution >= 4 is 11.6 Å². The van der Waals surface area contributed by atoms with E-state index in [1.54, 1.807) is 0 Å². The molecule has 19 heavy (non-hydrogen) atoms. The number of ether oxygens (including phenoxy) is 1. The van der Waals surface area contributed by atoms with Gasteiger partial charge in [0, 0.05) is 17.1 Å². The number of hydrogen-bond donors (Lipinski definition) is 2. The normalized spacial score (nSPS) is 31.1. The average Bonchev–Trinajstić information content (AvgIpc) is 2.64. The number of nitrogens with one attached hydrogen (secondary N) is 1. The first-order chi connectivity index (χ1) is 9.17. The Morgan fingerprint density at radius 2 is 2.11 bits per heavy atom. The van der Waals surface area contributed by atoms with E-state index >= 15 is 0 Å². The van der Waals surface area contributed by atoms with Gasteiger partial charge in [-0.1, -0.05) is 12.1 Å². The Balaban J connectivity index is 1.68. The van der Waals surface area contributed by atoms with E-state index in [2.05, 4.69) is 17.4 Å². The zero-order valence-corrected chi connectivity index (χ0v) is 10.8. The van der Waals surface area contributed by atoms with Gasteiger partial charge in [0.15, 0.2) is 0 Å². The Morgan fingerprint density at radius 3 is 2.74 bits per heavy atom. The molecule has 1 aliphatic carbocycles. The van der Waals surface area contributed by atoms with Crippen molar-refractivity contribution < 1.29 is 9.53 Å². The smallest absolute Gasteiger partial charge is 0.228 e. The Morgan fingerprint density at radius 1 is 1.32 bits per heavy atom. The first-order valence-electron chi connectivity index (χ1n) is 6.94. The van der Waals surface area contributed by atoms with Gasteiger partial charge in [-0.2, -0.15) is 0 Å². The molecule has 3 aliphatic rings. The molecule has 4 heteroatoms. The number of rotatable bonds is 2. The summed E-state index contributed by atoms with van der Waals surface area (Å²) in [7, 11) is 0. The molecule has 1 aromatic carbocycles. The topological polar surface area (TPSA) is 64.4 Å². The van der Waals surface area contributed by atoms with E-state index in [-0.39, 0.29) is 11.3 Å². The van der Waals surface area contributed by atoms with Crippen LogP contribution in [0.2, 0.25) is 0 Å². The lowest BCUT2D eigenvalue weighted by Gasteiger charge is -2.53. The number of anilines is 1. The van der Waals surface area contributed by atoms with E-state index in [1.807, 2.05) is 6.07 Å². The first-order valence-corrected chi connectivity index (χ1v) is 6.94. The van der Waals surface area contributed by atoms with Crippen LogP contribution in [0.15, 0.2) is 18.2 Å². The molecule has 4 nitrogen and oxygen atoms in total. The number of benzene rings is 1. The monoisotopic (exact) mass is 258 g/mol. The minimum absolute atomic E-state index is 0.0942. The lowest BCUT2D eigenvalue weighted by Crippen LogP contribution is -2.58. The Bertz CT molecular complexity index is 545. The van der Waals surface area contributed by atoms with Crippen LogP contribution in [0.1, 0.15) is 24.0 Å². The van der Waals surface area contributed by atoms with Crippen LogP contribution in [0.25, 0.3) is 0 Å². The summed E-state index contributed by atoms with van der Waals surface area (Å²) in [5, 5.41) is 2.89. The fourth-order valence-electron chi connectivity index (χ4n) is 3.61. The van der Waals surface area contributed by atoms with Gasteiger partial charge >= 0.3 is 0 Å². The molecule has 2 heterocycles. The zero-order valence-electron chi connectivity index (χ0n) is 10.8. The highest BCUT2D eigenvalue weighted by Gasteiger charge is 2.51. The lowest BCUT2D eigenvalue weighted by molar-refractivity contribution is -0.115. The van der Waals surface area contributed by atoms with Crippen molar-refractivity contribution in [2.75, 3.05) is 18.5 Å². The predicted molar refractivity (Wildman–Crippen MR) is 72.0 cm³/mol. The van der Waals surface area contributed by atoms with E-state index in [1.165, 1.54) is 5.56 Å². The molecule has 1 aromatic rings. The second-order valence-electron chi connectivity index (χ2n) is 6.17. The molecule has 0 bridgehead atoms. The third-order valence-corrected chi connectivity index (χ3v) is 4.98. The van der Waals surface area contributed by atoms with Gasteiger partial charge in [-0.05, 0) is 36.0 Å². The number of nitrogens with two attached hydrogens (primary N) is 1. The fraction of sp³-hybridized carbons (Fsp3) is 0.533. The summed E-state index contributed by atoms with van der Waals surface area (Å²) in [6.07, 6.45) is 2.69. The van der Waals surface area contributed by atoms with Crippen molar-refractivity contribution in [3.8, 4) is 0 Å². The van der Waals surface area contributed by atoms with Crippen molar-refractivity contribution in [3.63, 3.8) is 0 Å². The molecular weight excluding hydrogens is 240 g/mol. The van der Waals surface area contributed by atoms with Gasteiger partial charge in [-0.15, -0.1) is 0 Å². The van der Waals surface area contributed by atoms with Crippen LogP contribution in [-0.2, 0) is 21.4 Å². The van der Waals surface area contributed by atoms with Crippen LogP contribution in [-0.4, -0.2) is 25.2 Å². The van der Waals surface area contributed by atoms with Crippen LogP contribution < -0.4 is 11.1 Å². The van der Waals surface area contributed by atoms with Crippen molar-refractivity contribution in [2.45, 2.75) is 30.7 Å². The molecule has 1 saturated carbocycles. The average molecular weight is 258 g/mol. The number of carbonyl (C=O) groups is 1. The predicted octanol–water partition coefficient (Wildman–Crippen LogP) is 1.19. The van der Waals surface area contributed by atoms with Crippen LogP contribution in [0.5, 0.6) is 0 Å². The molecule has 0 atom stereocenters. The number of hydrogen-bond acceptors (Lipinski definition) is 3. The van der Waals surface area contributed by atoms with Crippen LogP contribution in [0.3, 0.4) is 0 Å². The molecule has 3 N–H and O–H groups in total. The first kappa shape index (κ1) is 11.4. The highest BCUT2D eigenvalue weighted by Crippen LogP contribution is 2.48. The van der Waals surface area contributed by atoms with Gasteiger partial charge in [-0.3, -0.25) is 4.79 Å². The Labute approximate surface area is 112 Å². The molecule has 2 fully saturated rings. The molecule has 4 rings (SSSR count). The number of carbonyl (C=O) groups excluding carboxylic acids is 1. The maximum Gasteiger partial charge on any atom is 0.228 e. The fourth-order valence-corrected chi connectivity index (χ4v) is 3.61. The molecule has 0 unspecified atom stereocenters. The molecule has 0 radical (unpaired) electrons. The molecule has 1 saturated heterocycles. The third kappa shape index (κ3) is 1.56. The summed E-state index contributed by atoms with van der Waals surface area (Å²) in [6, 6.07) is 6.74. The minimum Gasteiger partial charge on any atom is -0.379 e. The summed E-state index contributed by atoms with van der Waals surface area (Å²) < 4.78 is 5.50. The maximum atomic E-state index is 11.4. The second kappa shape index (κ2) is 3.81. The summed E-state index contributed by atoms with van der Waals surface area (Å²) in [4.78, 5) is 11.4. The summed E-state index contributed by atoms with van der Waals surface area (Å²) in [5.41, 5.74) is 9.50. The summed E-state index contributed by atoms with van der Waals surface area (Å²) >= 11 is 0. The molecule has 0 spiro atoms. The number of amides is 1. The second-order valence-corrected chi connectivity index (χ2v) is 6.17. The van der Waals surface area contributed by atoms with Crippen molar-refractivity contribution in [3.05, 3.63) is 29.3 Å². The van der Waals surface area contributed by atoms with Crippen molar-refractivity contribution in [1.29, 1.82) is 0 Å². The maximum absolute atomic E-state index is 11.4. The zero-order chi connectivity index (χ0) is 13.0. The third-order valence-electron chi connectivity index (χ3n) is 4.98. The van der Waals surface area contributed by atoms with E-state index < -0.39 is 0 Å². The van der Waals surface area contributed by atoms with Gasteiger partial charge in [0.2, 0.25) is 5.91 Å². The van der Waals surface area contributed by atoms with Gasteiger partial charge in [0.25, 0.3) is 0 Å². The van der Waals surface area contributed by atoms with Crippen LogP contribution >= 0.6 is 0 Å². The molecule has 100 valence electrons. The Hall–Kier alpha value is -1.39. The van der Waals surface area contributed by atoms with Crippen LogP contribution in [0.4, 0.5) is 5.69 Å². The van der Waals surface area contributed by atoms with Gasteiger partial charge < -0.3 is 15.8 Å². The van der Waals surface area contributed by atoms with Crippen LogP contribution in [0, 0.1) is 5.92 Å². The van der Waals surface area contributed by atoms with Gasteiger partial charge in [-0.25, -0.2) is 0 Å². The quantitative estimate of drug-likeness (QED) is 0.837. The summed E-state index contributed by atoms with van der Waals surface area (Å²) in [6.45, 7) is 1.59. The van der Waals surface area contributed by atoms with Gasteiger partial charge in [0.1, 0.15) is 0 Å². The SMILES string of the molecule is NC1CC(C2(c3ccc4c(c3)CC(=O)N4)COC2)C1. The van der Waals surface area contributed by atoms with Gasteiger partial charge in [0.05, 0.1) is 19.6 Å². The highest BCUT2D eigenvalue weighted by molar-refractivity contribution is 5.99. The Kier molecular flexibility index (Phi) is 2.29. The van der Waals surface area contributed by atoms with E-state index in [9.17, 15) is 4.79 Å². The number of fused-ring (bicyclic) bond motifs is 1. The highest BCUT2D eigenvalue weighted by atomic mass is 16.5. The van der Waals surface area contributed by atoms with Crippen molar-refractivity contribution in [1.82, 2.24) is 0 Å². The lowest BCUT2D eigenvalue weighted by atomic mass is 9.59. The molecule has 0 aromatic heterocycles. The van der Waals surface area contributed by atoms with E-state index in [4.69, 9.17) is 10.5 Å². The van der Waals surface area contributed by atoms with E-state index in [0.717, 1.165) is 37.3 Å². The molecule has 2 aliphatic heterocycles. The standard InChI is InChI=1S/C15H18N2O2/c16-12-5-11(6-12)15(7-19-8-15)10-1-2-13-9(3-10)4-14(18)17-13/h1-3,11-12H,4-8,16H2,(H,17,18).